The molecule has 0 saturated carbocycles. The van der Waals surface area contributed by atoms with Gasteiger partial charge in [-0.2, -0.15) is 0 Å². The lowest BCUT2D eigenvalue weighted by atomic mass is 9.90. The Bertz CT molecular complexity index is 585. The number of rotatable bonds is 2. The van der Waals surface area contributed by atoms with Gasteiger partial charge in [0.05, 0.1) is 11.1 Å². The summed E-state index contributed by atoms with van der Waals surface area (Å²) in [6.45, 7) is 2.30. The van der Waals surface area contributed by atoms with Crippen LogP contribution in [0.4, 0.5) is 10.5 Å². The normalized spacial score (nSPS) is 21.4. The number of likely N-dealkylation sites (tertiary alicyclic amines) is 1. The molecule has 114 valence electrons. The monoisotopic (exact) mass is 482 g/mol. The third-order valence-corrected chi connectivity index (χ3v) is 5.22. The Morgan fingerprint density at radius 2 is 1.86 bits per heavy atom. The highest BCUT2D eigenvalue weighted by Crippen LogP contribution is 2.35. The Hall–Kier alpha value is -0.600. The molecular formula is C13H13Br3N2O3. The van der Waals surface area contributed by atoms with Gasteiger partial charge in [0.25, 0.3) is 0 Å². The molecule has 1 aliphatic rings. The maximum Gasteiger partial charge on any atom is 0.321 e. The van der Waals surface area contributed by atoms with Crippen LogP contribution in [0.15, 0.2) is 25.6 Å². The smallest absolute Gasteiger partial charge is 0.321 e. The van der Waals surface area contributed by atoms with Crippen LogP contribution in [-0.4, -0.2) is 35.1 Å². The number of anilines is 1. The van der Waals surface area contributed by atoms with Crippen molar-refractivity contribution < 1.29 is 14.7 Å². The second kappa shape index (κ2) is 6.26. The first-order valence-corrected chi connectivity index (χ1v) is 8.55. The van der Waals surface area contributed by atoms with Gasteiger partial charge in [0.2, 0.25) is 0 Å². The lowest BCUT2D eigenvalue weighted by Crippen LogP contribution is -2.37. The lowest BCUT2D eigenvalue weighted by molar-refractivity contribution is -0.146. The summed E-state index contributed by atoms with van der Waals surface area (Å²) in [5.41, 5.74) is -0.252. The van der Waals surface area contributed by atoms with E-state index in [0.717, 1.165) is 13.4 Å². The molecule has 2 amide bonds. The summed E-state index contributed by atoms with van der Waals surface area (Å²) in [5, 5.41) is 12.0. The number of carbonyl (C=O) groups excluding carboxylic acids is 1. The van der Waals surface area contributed by atoms with Crippen LogP contribution in [0.3, 0.4) is 0 Å². The minimum atomic E-state index is -0.871. The van der Waals surface area contributed by atoms with Crippen molar-refractivity contribution in [3.8, 4) is 0 Å². The van der Waals surface area contributed by atoms with Gasteiger partial charge in [-0.05, 0) is 57.3 Å². The largest absolute Gasteiger partial charge is 0.481 e. The maximum absolute atomic E-state index is 12.3. The predicted molar refractivity (Wildman–Crippen MR) is 90.5 cm³/mol. The summed E-state index contributed by atoms with van der Waals surface area (Å²) in [6, 6.07) is 3.35. The van der Waals surface area contributed by atoms with Crippen LogP contribution in [0.2, 0.25) is 0 Å². The van der Waals surface area contributed by atoms with Crippen LogP contribution in [0.1, 0.15) is 13.3 Å². The number of carboxylic acids is 1. The number of carbonyl (C=O) groups is 2. The fourth-order valence-corrected chi connectivity index (χ4v) is 4.61. The summed E-state index contributed by atoms with van der Waals surface area (Å²) in [4.78, 5) is 25.0. The van der Waals surface area contributed by atoms with E-state index in [9.17, 15) is 14.7 Å². The van der Waals surface area contributed by atoms with Crippen molar-refractivity contribution in [1.29, 1.82) is 0 Å². The van der Waals surface area contributed by atoms with Crippen molar-refractivity contribution in [2.24, 2.45) is 5.41 Å². The van der Waals surface area contributed by atoms with Gasteiger partial charge in [0, 0.05) is 26.5 Å². The van der Waals surface area contributed by atoms with Crippen LogP contribution < -0.4 is 5.32 Å². The van der Waals surface area contributed by atoms with Crippen molar-refractivity contribution in [2.45, 2.75) is 13.3 Å². The highest BCUT2D eigenvalue weighted by Gasteiger charge is 2.42. The van der Waals surface area contributed by atoms with Crippen molar-refractivity contribution in [2.75, 3.05) is 18.4 Å². The Kier molecular flexibility index (Phi) is 4.99. The average molecular weight is 485 g/mol. The van der Waals surface area contributed by atoms with E-state index in [4.69, 9.17) is 0 Å². The van der Waals surface area contributed by atoms with E-state index >= 15 is 0 Å². The molecule has 1 aliphatic heterocycles. The summed E-state index contributed by atoms with van der Waals surface area (Å²) >= 11 is 10.1. The molecule has 1 saturated heterocycles. The zero-order valence-electron chi connectivity index (χ0n) is 11.1. The van der Waals surface area contributed by atoms with Gasteiger partial charge in [-0.3, -0.25) is 4.79 Å². The third-order valence-electron chi connectivity index (χ3n) is 3.52. The average Bonchev–Trinajstić information content (AvgIpc) is 2.78. The minimum absolute atomic E-state index is 0.208. The fraction of sp³-hybridized carbons (Fsp3) is 0.385. The number of hydrogen-bond donors (Lipinski definition) is 2. The molecule has 8 heteroatoms. The van der Waals surface area contributed by atoms with E-state index in [-0.39, 0.29) is 12.6 Å². The maximum atomic E-state index is 12.3. The molecule has 1 aromatic carbocycles. The molecule has 1 unspecified atom stereocenters. The first kappa shape index (κ1) is 16.8. The molecule has 1 aromatic rings. The molecule has 0 radical (unpaired) electrons. The number of hydrogen-bond acceptors (Lipinski definition) is 2. The predicted octanol–water partition coefficient (Wildman–Crippen LogP) is 4.30. The Morgan fingerprint density at radius 3 is 2.33 bits per heavy atom. The van der Waals surface area contributed by atoms with E-state index in [0.29, 0.717) is 18.7 Å². The first-order chi connectivity index (χ1) is 9.73. The van der Waals surface area contributed by atoms with Gasteiger partial charge in [-0.25, -0.2) is 4.79 Å². The Morgan fingerprint density at radius 1 is 1.29 bits per heavy atom. The van der Waals surface area contributed by atoms with Crippen LogP contribution in [-0.2, 0) is 4.79 Å². The molecule has 0 spiro atoms. The molecule has 0 bridgehead atoms. The van der Waals surface area contributed by atoms with Gasteiger partial charge in [0.15, 0.2) is 0 Å². The van der Waals surface area contributed by atoms with Gasteiger partial charge < -0.3 is 15.3 Å². The van der Waals surface area contributed by atoms with Crippen molar-refractivity contribution in [3.63, 3.8) is 0 Å². The molecule has 1 heterocycles. The fourth-order valence-electron chi connectivity index (χ4n) is 2.16. The molecule has 21 heavy (non-hydrogen) atoms. The van der Waals surface area contributed by atoms with Crippen molar-refractivity contribution >= 4 is 65.5 Å². The third kappa shape index (κ3) is 3.60. The van der Waals surface area contributed by atoms with E-state index in [1.54, 1.807) is 6.92 Å². The molecule has 0 aromatic heterocycles. The van der Waals surface area contributed by atoms with Crippen molar-refractivity contribution in [1.82, 2.24) is 4.90 Å². The van der Waals surface area contributed by atoms with E-state index in [1.165, 1.54) is 4.90 Å². The first-order valence-electron chi connectivity index (χ1n) is 6.17. The number of halogens is 3. The molecule has 2 rings (SSSR count). The van der Waals surface area contributed by atoms with Crippen LogP contribution in [0, 0.1) is 5.41 Å². The van der Waals surface area contributed by atoms with Crippen LogP contribution >= 0.6 is 47.8 Å². The quantitative estimate of drug-likeness (QED) is 0.657. The van der Waals surface area contributed by atoms with Gasteiger partial charge >= 0.3 is 12.0 Å². The number of benzene rings is 1. The Labute approximate surface area is 147 Å². The molecule has 1 atom stereocenters. The highest BCUT2D eigenvalue weighted by molar-refractivity contribution is 9.11. The number of urea groups is 1. The molecular weight excluding hydrogens is 472 g/mol. The number of nitrogens with one attached hydrogen (secondary N) is 1. The number of aliphatic carboxylic acids is 1. The summed E-state index contributed by atoms with van der Waals surface area (Å²) in [6.07, 6.45) is 0.457. The highest BCUT2D eigenvalue weighted by atomic mass is 79.9. The van der Waals surface area contributed by atoms with E-state index < -0.39 is 11.4 Å². The Balaban J connectivity index is 2.12. The standard InChI is InChI=1S/C13H13Br3N2O3/c1-13(11(19)20)2-3-18(6-13)12(21)17-10-8(15)4-7(14)5-9(10)16/h4-5H,2-3,6H2,1H3,(H,17,21)(H,19,20). The van der Waals surface area contributed by atoms with Gasteiger partial charge in [-0.15, -0.1) is 0 Å². The second-order valence-corrected chi connectivity index (χ2v) is 7.84. The van der Waals surface area contributed by atoms with Gasteiger partial charge in [0.1, 0.15) is 0 Å². The number of amides is 2. The topological polar surface area (TPSA) is 69.6 Å². The van der Waals surface area contributed by atoms with Crippen LogP contribution in [0.25, 0.3) is 0 Å². The van der Waals surface area contributed by atoms with Gasteiger partial charge in [-0.1, -0.05) is 15.9 Å². The molecule has 5 nitrogen and oxygen atoms in total. The molecule has 2 N–H and O–H groups in total. The lowest BCUT2D eigenvalue weighted by Gasteiger charge is -2.21. The number of nitrogens with zero attached hydrogens (tertiary/aromatic N) is 1. The minimum Gasteiger partial charge on any atom is -0.481 e. The van der Waals surface area contributed by atoms with Crippen molar-refractivity contribution in [3.05, 3.63) is 25.6 Å². The molecule has 0 aliphatic carbocycles. The van der Waals surface area contributed by atoms with E-state index in [1.807, 2.05) is 12.1 Å². The van der Waals surface area contributed by atoms with E-state index in [2.05, 4.69) is 53.1 Å². The summed E-state index contributed by atoms with van der Waals surface area (Å²) in [7, 11) is 0. The zero-order chi connectivity index (χ0) is 15.8. The summed E-state index contributed by atoms with van der Waals surface area (Å²) < 4.78 is 2.34. The second-order valence-electron chi connectivity index (χ2n) is 5.21. The summed E-state index contributed by atoms with van der Waals surface area (Å²) in [5.74, 6) is -0.871. The SMILES string of the molecule is CC1(C(=O)O)CCN(C(=O)Nc2c(Br)cc(Br)cc2Br)C1. The number of carboxylic acid groups (broad SMARTS) is 1. The molecule has 1 fully saturated rings. The zero-order valence-corrected chi connectivity index (χ0v) is 15.9. The van der Waals surface area contributed by atoms with Crippen LogP contribution in [0.5, 0.6) is 0 Å².